The van der Waals surface area contributed by atoms with Crippen molar-refractivity contribution < 1.29 is 22.7 Å². The Hall–Kier alpha value is -2.59. The third-order valence-electron chi connectivity index (χ3n) is 9.73. The summed E-state index contributed by atoms with van der Waals surface area (Å²) in [5.41, 5.74) is 1.88. The Balaban J connectivity index is 1.45. The lowest BCUT2D eigenvalue weighted by molar-refractivity contribution is -0.124. The fourth-order valence-corrected chi connectivity index (χ4v) is 8.43. The fourth-order valence-electron chi connectivity index (χ4n) is 7.10. The first-order chi connectivity index (χ1) is 20.0. The lowest BCUT2D eigenvalue weighted by atomic mass is 9.68. The Morgan fingerprint density at radius 1 is 1.14 bits per heavy atom. The van der Waals surface area contributed by atoms with Gasteiger partial charge in [0.25, 0.3) is 15.9 Å². The second-order valence-electron chi connectivity index (χ2n) is 12.8. The number of carbonyl (C=O) groups is 1. The van der Waals surface area contributed by atoms with Crippen LogP contribution in [0, 0.1) is 11.8 Å². The Morgan fingerprint density at radius 2 is 1.98 bits per heavy atom. The van der Waals surface area contributed by atoms with Crippen LogP contribution in [-0.4, -0.2) is 59.3 Å². The van der Waals surface area contributed by atoms with Crippen LogP contribution in [0.1, 0.15) is 50.7 Å². The van der Waals surface area contributed by atoms with Crippen molar-refractivity contribution in [1.82, 2.24) is 10.0 Å². The number of benzene rings is 2. The molecule has 2 aromatic carbocycles. The van der Waals surface area contributed by atoms with E-state index in [1.54, 1.807) is 33.1 Å². The van der Waals surface area contributed by atoms with Crippen molar-refractivity contribution in [2.24, 2.45) is 11.8 Å². The summed E-state index contributed by atoms with van der Waals surface area (Å²) in [5, 5.41) is 3.89. The van der Waals surface area contributed by atoms with Crippen LogP contribution in [0.15, 0.2) is 53.4 Å². The number of fused-ring (bicyclic) bond motifs is 4. The number of methoxy groups -OCH3 is 1. The summed E-state index contributed by atoms with van der Waals surface area (Å²) in [6.07, 6.45) is 9.10. The Morgan fingerprint density at radius 3 is 2.74 bits per heavy atom. The van der Waals surface area contributed by atoms with Crippen LogP contribution in [0.5, 0.6) is 5.75 Å². The van der Waals surface area contributed by atoms with Gasteiger partial charge in [-0.3, -0.25) is 4.79 Å². The number of nitrogens with one attached hydrogen (secondary N) is 2. The smallest absolute Gasteiger partial charge is 0.264 e. The Bertz CT molecular complexity index is 1510. The Labute approximate surface area is 253 Å². The van der Waals surface area contributed by atoms with Gasteiger partial charge in [-0.1, -0.05) is 29.8 Å². The third-order valence-corrected chi connectivity index (χ3v) is 11.3. The molecule has 2 bridgehead atoms. The summed E-state index contributed by atoms with van der Waals surface area (Å²) >= 11 is 6.40. The molecule has 8 nitrogen and oxygen atoms in total. The number of aryl methyl sites for hydroxylation is 1. The standard InChI is InChI=1S/C32H40ClN3O5S/c1-31(2)30(37)35-42(38,39)24-10-13-29-27(17-24)36(18-22-8-11-25(22)28(40-3)7-5-15-34-31)19-32(20-41-29)14-4-6-21-16-23(33)9-12-26(21)32/h5,7,9-10,12-13,16-17,22,25,28,34H,4,6,8,11,14-15,18-20H2,1-3H3,(H,35,37)/b7-5+/t22-,25+,28-,32-/m0/s1. The number of amides is 1. The van der Waals surface area contributed by atoms with Gasteiger partial charge in [0.1, 0.15) is 5.75 Å². The lowest BCUT2D eigenvalue weighted by Gasteiger charge is -2.46. The number of hydrogen-bond acceptors (Lipinski definition) is 7. The van der Waals surface area contributed by atoms with Gasteiger partial charge in [-0.25, -0.2) is 13.1 Å². The van der Waals surface area contributed by atoms with Gasteiger partial charge in [-0.05, 0) is 99.2 Å². The topological polar surface area (TPSA) is 97.0 Å². The molecule has 4 atom stereocenters. The van der Waals surface area contributed by atoms with Gasteiger partial charge >= 0.3 is 0 Å². The number of ether oxygens (including phenoxy) is 2. The molecule has 2 aromatic rings. The number of rotatable bonds is 1. The summed E-state index contributed by atoms with van der Waals surface area (Å²) in [5.74, 6) is 0.738. The molecule has 0 radical (unpaired) electrons. The first-order valence-corrected chi connectivity index (χ1v) is 16.7. The van der Waals surface area contributed by atoms with Crippen LogP contribution in [0.2, 0.25) is 5.02 Å². The number of nitrogens with zero attached hydrogens (tertiary/aromatic N) is 1. The molecule has 0 aromatic heterocycles. The molecule has 4 aliphatic rings. The summed E-state index contributed by atoms with van der Waals surface area (Å²) in [6.45, 7) is 5.69. The number of sulfonamides is 1. The predicted octanol–water partition coefficient (Wildman–Crippen LogP) is 4.60. The molecule has 1 amide bonds. The number of hydrogen-bond donors (Lipinski definition) is 2. The van der Waals surface area contributed by atoms with Crippen LogP contribution in [0.25, 0.3) is 0 Å². The highest BCUT2D eigenvalue weighted by Gasteiger charge is 2.44. The van der Waals surface area contributed by atoms with E-state index in [2.05, 4.69) is 33.1 Å². The molecule has 6 rings (SSSR count). The minimum Gasteiger partial charge on any atom is -0.490 e. The molecule has 2 heterocycles. The highest BCUT2D eigenvalue weighted by molar-refractivity contribution is 7.90. The third kappa shape index (κ3) is 5.45. The van der Waals surface area contributed by atoms with Crippen molar-refractivity contribution in [2.45, 2.75) is 67.9 Å². The summed E-state index contributed by atoms with van der Waals surface area (Å²) in [7, 11) is -2.38. The molecule has 1 fully saturated rings. The van der Waals surface area contributed by atoms with Gasteiger partial charge in [0.05, 0.1) is 28.8 Å². The first kappa shape index (κ1) is 29.5. The highest BCUT2D eigenvalue weighted by atomic mass is 35.5. The minimum atomic E-state index is -4.13. The molecule has 2 aliphatic heterocycles. The van der Waals surface area contributed by atoms with Crippen LogP contribution >= 0.6 is 11.6 Å². The van der Waals surface area contributed by atoms with Gasteiger partial charge in [-0.2, -0.15) is 0 Å². The van der Waals surface area contributed by atoms with Gasteiger partial charge in [-0.15, -0.1) is 0 Å². The highest BCUT2D eigenvalue weighted by Crippen LogP contribution is 2.47. The summed E-state index contributed by atoms with van der Waals surface area (Å²) in [4.78, 5) is 15.5. The fraction of sp³-hybridized carbons (Fsp3) is 0.531. The van der Waals surface area contributed by atoms with Crippen LogP contribution < -0.4 is 19.7 Å². The molecule has 10 heteroatoms. The summed E-state index contributed by atoms with van der Waals surface area (Å²) in [6, 6.07) is 11.1. The Kier molecular flexibility index (Phi) is 7.83. The molecule has 2 aliphatic carbocycles. The first-order valence-electron chi connectivity index (χ1n) is 14.8. The number of halogens is 1. The number of carbonyl (C=O) groups excluding carboxylic acids is 1. The van der Waals surface area contributed by atoms with E-state index in [-0.39, 0.29) is 16.4 Å². The normalized spacial score (nSPS) is 31.0. The van der Waals surface area contributed by atoms with E-state index in [9.17, 15) is 13.2 Å². The monoisotopic (exact) mass is 613 g/mol. The molecule has 1 saturated carbocycles. The van der Waals surface area contributed by atoms with Crippen molar-refractivity contribution in [2.75, 3.05) is 38.3 Å². The van der Waals surface area contributed by atoms with Crippen molar-refractivity contribution in [3.8, 4) is 5.75 Å². The minimum absolute atomic E-state index is 0.0395. The molecule has 0 unspecified atom stereocenters. The maximum atomic E-state index is 13.5. The zero-order valence-electron chi connectivity index (χ0n) is 24.5. The van der Waals surface area contributed by atoms with E-state index < -0.39 is 21.5 Å². The summed E-state index contributed by atoms with van der Waals surface area (Å²) < 4.78 is 41.8. The molecule has 42 heavy (non-hydrogen) atoms. The van der Waals surface area contributed by atoms with E-state index in [0.29, 0.717) is 37.3 Å². The van der Waals surface area contributed by atoms with E-state index in [4.69, 9.17) is 21.1 Å². The zero-order chi connectivity index (χ0) is 29.7. The van der Waals surface area contributed by atoms with E-state index in [1.165, 1.54) is 17.2 Å². The maximum Gasteiger partial charge on any atom is 0.264 e. The second-order valence-corrected chi connectivity index (χ2v) is 14.9. The molecule has 0 saturated heterocycles. The van der Waals surface area contributed by atoms with Crippen LogP contribution in [0.3, 0.4) is 0 Å². The number of anilines is 1. The SMILES string of the molecule is CO[C@H]1/C=C/CNC(C)(C)C(=O)NS(=O)(=O)c2ccc3c(c2)N(C[C@@H]2CC[C@H]21)C[C@@]1(CCCc2cc(Cl)ccc21)CO3. The van der Waals surface area contributed by atoms with Gasteiger partial charge in [0.15, 0.2) is 0 Å². The van der Waals surface area contributed by atoms with Crippen molar-refractivity contribution in [1.29, 1.82) is 0 Å². The maximum absolute atomic E-state index is 13.5. The van der Waals surface area contributed by atoms with Crippen LogP contribution in [0.4, 0.5) is 5.69 Å². The zero-order valence-corrected chi connectivity index (χ0v) is 26.1. The van der Waals surface area contributed by atoms with Crippen molar-refractivity contribution in [3.05, 3.63) is 64.7 Å². The van der Waals surface area contributed by atoms with Crippen LogP contribution in [-0.2, 0) is 31.4 Å². The van der Waals surface area contributed by atoms with Gasteiger partial charge in [0, 0.05) is 37.2 Å². The van der Waals surface area contributed by atoms with Gasteiger partial charge in [0.2, 0.25) is 0 Å². The van der Waals surface area contributed by atoms with Gasteiger partial charge < -0.3 is 19.7 Å². The molecule has 1 spiro atoms. The van der Waals surface area contributed by atoms with E-state index in [1.807, 2.05) is 12.1 Å². The largest absolute Gasteiger partial charge is 0.490 e. The van der Waals surface area contributed by atoms with E-state index in [0.717, 1.165) is 49.4 Å². The lowest BCUT2D eigenvalue weighted by Crippen LogP contribution is -2.54. The average molecular weight is 614 g/mol. The quantitative estimate of drug-likeness (QED) is 0.454. The average Bonchev–Trinajstić information content (AvgIpc) is 3.08. The second kappa shape index (κ2) is 11.2. The molecular weight excluding hydrogens is 574 g/mol. The van der Waals surface area contributed by atoms with E-state index >= 15 is 0 Å². The predicted molar refractivity (Wildman–Crippen MR) is 164 cm³/mol. The molecular formula is C32H40ClN3O5S. The van der Waals surface area contributed by atoms with Crippen molar-refractivity contribution >= 4 is 33.2 Å². The molecule has 2 N–H and O–H groups in total. The van der Waals surface area contributed by atoms with Crippen molar-refractivity contribution in [3.63, 3.8) is 0 Å². The molecule has 226 valence electrons.